The van der Waals surface area contributed by atoms with Gasteiger partial charge in [0.05, 0.1) is 23.9 Å². The smallest absolute Gasteiger partial charge is 0.274 e. The molecule has 7 heteroatoms. The molecule has 1 aromatic heterocycles. The second-order valence-electron chi connectivity index (χ2n) is 4.89. The number of amides is 1. The predicted molar refractivity (Wildman–Crippen MR) is 80.9 cm³/mol. The van der Waals surface area contributed by atoms with Crippen LogP contribution in [0.4, 0.5) is 4.39 Å². The van der Waals surface area contributed by atoms with Crippen molar-refractivity contribution < 1.29 is 19.1 Å². The number of hydrogen-bond acceptors (Lipinski definition) is 4. The van der Waals surface area contributed by atoms with E-state index in [1.54, 1.807) is 42.1 Å². The largest absolute Gasteiger partial charge is 0.492 e. The molecule has 23 heavy (non-hydrogen) atoms. The zero-order valence-corrected chi connectivity index (χ0v) is 12.1. The Hall–Kier alpha value is -2.93. The zero-order chi connectivity index (χ0) is 16.2. The van der Waals surface area contributed by atoms with Crippen LogP contribution in [0.25, 0.3) is 11.0 Å². The molecule has 3 rings (SSSR count). The van der Waals surface area contributed by atoms with Crippen molar-refractivity contribution in [3.63, 3.8) is 0 Å². The Labute approximate surface area is 131 Å². The highest BCUT2D eigenvalue weighted by Gasteiger charge is 2.08. The van der Waals surface area contributed by atoms with E-state index in [0.717, 1.165) is 11.0 Å². The van der Waals surface area contributed by atoms with E-state index in [0.29, 0.717) is 24.5 Å². The molecular formula is C16H14FN3O3. The minimum atomic E-state index is -0.587. The minimum absolute atomic E-state index is 0.325. The van der Waals surface area contributed by atoms with E-state index < -0.39 is 5.91 Å². The summed E-state index contributed by atoms with van der Waals surface area (Å²) in [7, 11) is 0. The number of benzene rings is 2. The van der Waals surface area contributed by atoms with E-state index >= 15 is 0 Å². The number of carbonyl (C=O) groups excluding carboxylic acids is 1. The fourth-order valence-corrected chi connectivity index (χ4v) is 2.26. The van der Waals surface area contributed by atoms with E-state index in [4.69, 9.17) is 9.94 Å². The molecule has 0 aliphatic heterocycles. The second kappa shape index (κ2) is 6.45. The lowest BCUT2D eigenvalue weighted by Gasteiger charge is -2.08. The summed E-state index contributed by atoms with van der Waals surface area (Å²) < 4.78 is 20.4. The maximum atomic E-state index is 13.1. The van der Waals surface area contributed by atoms with Crippen LogP contribution in [0.3, 0.4) is 0 Å². The molecule has 2 aromatic carbocycles. The van der Waals surface area contributed by atoms with Crippen LogP contribution in [0.2, 0.25) is 0 Å². The number of halogens is 1. The molecule has 0 spiro atoms. The van der Waals surface area contributed by atoms with Crippen molar-refractivity contribution in [3.05, 3.63) is 60.2 Å². The summed E-state index contributed by atoms with van der Waals surface area (Å²) >= 11 is 0. The van der Waals surface area contributed by atoms with Crippen molar-refractivity contribution in [2.75, 3.05) is 6.61 Å². The van der Waals surface area contributed by atoms with Gasteiger partial charge in [0.25, 0.3) is 5.91 Å². The number of imidazole rings is 1. The Morgan fingerprint density at radius 1 is 1.30 bits per heavy atom. The van der Waals surface area contributed by atoms with Crippen LogP contribution in [0.15, 0.2) is 48.8 Å². The summed E-state index contributed by atoms with van der Waals surface area (Å²) in [5.74, 6) is -0.485. The van der Waals surface area contributed by atoms with Crippen LogP contribution in [0.5, 0.6) is 5.75 Å². The standard InChI is InChI=1S/C16H14FN3O3/c17-12-2-1-3-13(9-12)23-7-6-20-10-18-14-5-4-11(8-15(14)20)16(21)19-22/h1-5,8-10,22H,6-7H2,(H,19,21). The summed E-state index contributed by atoms with van der Waals surface area (Å²) in [6.45, 7) is 0.808. The van der Waals surface area contributed by atoms with Crippen molar-refractivity contribution in [2.24, 2.45) is 0 Å². The molecule has 118 valence electrons. The molecule has 6 nitrogen and oxygen atoms in total. The Kier molecular flexibility index (Phi) is 4.20. The summed E-state index contributed by atoms with van der Waals surface area (Å²) in [6, 6.07) is 10.8. The zero-order valence-electron chi connectivity index (χ0n) is 12.1. The number of carbonyl (C=O) groups is 1. The van der Waals surface area contributed by atoms with Gasteiger partial charge in [-0.25, -0.2) is 14.9 Å². The van der Waals surface area contributed by atoms with Gasteiger partial charge in [0.15, 0.2) is 0 Å². The Balaban J connectivity index is 1.73. The van der Waals surface area contributed by atoms with E-state index in [-0.39, 0.29) is 5.82 Å². The van der Waals surface area contributed by atoms with Crippen LogP contribution in [-0.2, 0) is 6.54 Å². The first-order valence-corrected chi connectivity index (χ1v) is 6.95. The number of rotatable bonds is 5. The number of nitrogens with zero attached hydrogens (tertiary/aromatic N) is 2. The highest BCUT2D eigenvalue weighted by Crippen LogP contribution is 2.16. The van der Waals surface area contributed by atoms with Gasteiger partial charge in [-0.2, -0.15) is 0 Å². The Morgan fingerprint density at radius 3 is 2.96 bits per heavy atom. The van der Waals surface area contributed by atoms with E-state index in [1.165, 1.54) is 12.1 Å². The maximum absolute atomic E-state index is 13.1. The van der Waals surface area contributed by atoms with E-state index in [9.17, 15) is 9.18 Å². The molecule has 0 atom stereocenters. The molecule has 0 saturated heterocycles. The summed E-state index contributed by atoms with van der Waals surface area (Å²) in [4.78, 5) is 15.7. The van der Waals surface area contributed by atoms with Gasteiger partial charge in [0.2, 0.25) is 0 Å². The van der Waals surface area contributed by atoms with Gasteiger partial charge >= 0.3 is 0 Å². The van der Waals surface area contributed by atoms with Gasteiger partial charge in [-0.05, 0) is 30.3 Å². The van der Waals surface area contributed by atoms with Gasteiger partial charge in [-0.1, -0.05) is 6.07 Å². The summed E-state index contributed by atoms with van der Waals surface area (Å²) in [5, 5.41) is 8.70. The fraction of sp³-hybridized carbons (Fsp3) is 0.125. The predicted octanol–water partition coefficient (Wildman–Crippen LogP) is 2.37. The number of hydroxylamine groups is 1. The molecule has 0 unspecified atom stereocenters. The molecular weight excluding hydrogens is 301 g/mol. The van der Waals surface area contributed by atoms with Gasteiger partial charge < -0.3 is 9.30 Å². The third-order valence-electron chi connectivity index (χ3n) is 3.38. The van der Waals surface area contributed by atoms with Crippen LogP contribution in [0, 0.1) is 5.82 Å². The first-order valence-electron chi connectivity index (χ1n) is 6.95. The summed E-state index contributed by atoms with van der Waals surface area (Å²) in [5.41, 5.74) is 3.40. The molecule has 0 bridgehead atoms. The quantitative estimate of drug-likeness (QED) is 0.560. The topological polar surface area (TPSA) is 76.4 Å². The summed E-state index contributed by atoms with van der Waals surface area (Å²) in [6.07, 6.45) is 1.64. The molecule has 1 heterocycles. The van der Waals surface area contributed by atoms with Crippen LogP contribution in [-0.4, -0.2) is 27.3 Å². The first-order chi connectivity index (χ1) is 11.2. The van der Waals surface area contributed by atoms with Crippen LogP contribution in [0.1, 0.15) is 10.4 Å². The third-order valence-corrected chi connectivity index (χ3v) is 3.38. The average Bonchev–Trinajstić information content (AvgIpc) is 2.96. The van der Waals surface area contributed by atoms with Crippen molar-refractivity contribution >= 4 is 16.9 Å². The molecule has 0 saturated carbocycles. The number of fused-ring (bicyclic) bond motifs is 1. The molecule has 0 aliphatic rings. The SMILES string of the molecule is O=C(NO)c1ccc2ncn(CCOc3cccc(F)c3)c2c1. The van der Waals surface area contributed by atoms with E-state index in [1.807, 2.05) is 4.57 Å². The maximum Gasteiger partial charge on any atom is 0.274 e. The van der Waals surface area contributed by atoms with Gasteiger partial charge in [-0.3, -0.25) is 10.0 Å². The number of nitrogens with one attached hydrogen (secondary N) is 1. The normalized spacial score (nSPS) is 10.7. The second-order valence-corrected chi connectivity index (χ2v) is 4.89. The lowest BCUT2D eigenvalue weighted by atomic mass is 10.2. The van der Waals surface area contributed by atoms with Crippen LogP contribution < -0.4 is 10.2 Å². The van der Waals surface area contributed by atoms with Crippen molar-refractivity contribution in [1.82, 2.24) is 15.0 Å². The average molecular weight is 315 g/mol. The van der Waals surface area contributed by atoms with Gasteiger partial charge in [0, 0.05) is 11.6 Å². The van der Waals surface area contributed by atoms with Gasteiger partial charge in [-0.15, -0.1) is 0 Å². The fourth-order valence-electron chi connectivity index (χ4n) is 2.26. The number of hydrogen-bond donors (Lipinski definition) is 2. The monoisotopic (exact) mass is 315 g/mol. The molecule has 0 fully saturated rings. The lowest BCUT2D eigenvalue weighted by Crippen LogP contribution is -2.18. The van der Waals surface area contributed by atoms with Crippen LogP contribution >= 0.6 is 0 Å². The highest BCUT2D eigenvalue weighted by molar-refractivity contribution is 5.96. The molecule has 0 radical (unpaired) electrons. The molecule has 2 N–H and O–H groups in total. The van der Waals surface area contributed by atoms with Crippen molar-refractivity contribution in [1.29, 1.82) is 0 Å². The third kappa shape index (κ3) is 3.29. The Morgan fingerprint density at radius 2 is 2.17 bits per heavy atom. The van der Waals surface area contributed by atoms with E-state index in [2.05, 4.69) is 4.98 Å². The molecule has 0 aliphatic carbocycles. The molecule has 1 amide bonds. The van der Waals surface area contributed by atoms with Crippen molar-refractivity contribution in [3.8, 4) is 5.75 Å². The number of ether oxygens (including phenoxy) is 1. The number of aromatic nitrogens is 2. The molecule has 3 aromatic rings. The van der Waals surface area contributed by atoms with Gasteiger partial charge in [0.1, 0.15) is 18.2 Å². The minimum Gasteiger partial charge on any atom is -0.492 e. The van der Waals surface area contributed by atoms with Crippen molar-refractivity contribution in [2.45, 2.75) is 6.54 Å². The highest BCUT2D eigenvalue weighted by atomic mass is 19.1. The Bertz CT molecular complexity index is 847. The first kappa shape index (κ1) is 15.0. The lowest BCUT2D eigenvalue weighted by molar-refractivity contribution is 0.0706.